The van der Waals surface area contributed by atoms with Crippen LogP contribution >= 0.6 is 0 Å². The van der Waals surface area contributed by atoms with Crippen molar-refractivity contribution in [3.8, 4) is 11.1 Å². The minimum atomic E-state index is -1.16. The van der Waals surface area contributed by atoms with E-state index >= 15 is 0 Å². The van der Waals surface area contributed by atoms with Crippen LogP contribution in [-0.4, -0.2) is 51.5 Å². The summed E-state index contributed by atoms with van der Waals surface area (Å²) >= 11 is 0. The second kappa shape index (κ2) is 7.30. The zero-order valence-corrected chi connectivity index (χ0v) is 17.5. The number of amides is 1. The number of fused-ring (bicyclic) bond motifs is 1. The van der Waals surface area contributed by atoms with Gasteiger partial charge in [-0.1, -0.05) is 41.6 Å². The molecule has 1 fully saturated rings. The SMILES string of the molecule is Cc1noc(C)c1-c1ccc2c(c1)C(c1ccccc1)(N1C[C@H](O)C[C@@H]1CO)C(=O)N2. The first-order valence-corrected chi connectivity index (χ1v) is 10.5. The second-order valence-electron chi connectivity index (χ2n) is 8.37. The molecular formula is C24H25N3O4. The van der Waals surface area contributed by atoms with Crippen molar-refractivity contribution in [3.05, 3.63) is 71.1 Å². The summed E-state index contributed by atoms with van der Waals surface area (Å²) in [6, 6.07) is 15.1. The van der Waals surface area contributed by atoms with E-state index in [4.69, 9.17) is 4.52 Å². The van der Waals surface area contributed by atoms with Gasteiger partial charge in [-0.25, -0.2) is 0 Å². The summed E-state index contributed by atoms with van der Waals surface area (Å²) in [7, 11) is 0. The average molecular weight is 419 g/mol. The molecule has 3 heterocycles. The highest BCUT2D eigenvalue weighted by atomic mass is 16.5. The van der Waals surface area contributed by atoms with Crippen LogP contribution in [0.15, 0.2) is 53.1 Å². The molecule has 7 heteroatoms. The van der Waals surface area contributed by atoms with Crippen LogP contribution in [0.25, 0.3) is 11.1 Å². The van der Waals surface area contributed by atoms with E-state index in [1.807, 2.05) is 67.3 Å². The van der Waals surface area contributed by atoms with Crippen molar-refractivity contribution in [3.63, 3.8) is 0 Å². The van der Waals surface area contributed by atoms with Crippen LogP contribution in [0.3, 0.4) is 0 Å². The number of hydrogen-bond acceptors (Lipinski definition) is 6. The molecule has 160 valence electrons. The van der Waals surface area contributed by atoms with E-state index in [0.29, 0.717) is 18.7 Å². The number of rotatable bonds is 4. The highest BCUT2D eigenvalue weighted by molar-refractivity contribution is 6.09. The molecule has 0 radical (unpaired) electrons. The van der Waals surface area contributed by atoms with Crippen LogP contribution in [0.2, 0.25) is 0 Å². The van der Waals surface area contributed by atoms with E-state index in [1.165, 1.54) is 0 Å². The van der Waals surface area contributed by atoms with Crippen molar-refractivity contribution in [2.24, 2.45) is 0 Å². The monoisotopic (exact) mass is 419 g/mol. The van der Waals surface area contributed by atoms with E-state index in [9.17, 15) is 15.0 Å². The first-order valence-electron chi connectivity index (χ1n) is 10.5. The molecule has 5 rings (SSSR count). The number of benzene rings is 2. The largest absolute Gasteiger partial charge is 0.395 e. The Bertz CT molecular complexity index is 1120. The fourth-order valence-corrected chi connectivity index (χ4v) is 5.23. The molecule has 1 unspecified atom stereocenters. The van der Waals surface area contributed by atoms with Gasteiger partial charge in [0.1, 0.15) is 5.76 Å². The number of aliphatic hydroxyl groups excluding tert-OH is 2. The number of likely N-dealkylation sites (tertiary alicyclic amines) is 1. The summed E-state index contributed by atoms with van der Waals surface area (Å²) in [4.78, 5) is 15.6. The number of β-amino-alcohol motifs (C(OH)–C–C–N with tert-alkyl or cyclic N) is 1. The van der Waals surface area contributed by atoms with Crippen molar-refractivity contribution in [1.29, 1.82) is 0 Å². The molecule has 0 aliphatic carbocycles. The van der Waals surface area contributed by atoms with E-state index in [0.717, 1.165) is 33.6 Å². The van der Waals surface area contributed by atoms with Gasteiger partial charge in [0.15, 0.2) is 5.54 Å². The second-order valence-corrected chi connectivity index (χ2v) is 8.37. The molecular weight excluding hydrogens is 394 g/mol. The summed E-state index contributed by atoms with van der Waals surface area (Å²) in [6.45, 7) is 3.92. The normalized spacial score (nSPS) is 25.6. The summed E-state index contributed by atoms with van der Waals surface area (Å²) in [5.41, 5.74) is 3.77. The number of aryl methyl sites for hydroxylation is 2. The van der Waals surface area contributed by atoms with Gasteiger partial charge >= 0.3 is 0 Å². The highest BCUT2D eigenvalue weighted by Gasteiger charge is 2.56. The van der Waals surface area contributed by atoms with Crippen molar-refractivity contribution in [2.45, 2.75) is 38.0 Å². The molecule has 1 aromatic heterocycles. The average Bonchev–Trinajstić information content (AvgIpc) is 3.40. The lowest BCUT2D eigenvalue weighted by atomic mass is 9.80. The molecule has 3 atom stereocenters. The lowest BCUT2D eigenvalue weighted by molar-refractivity contribution is -0.126. The third-order valence-corrected chi connectivity index (χ3v) is 6.53. The van der Waals surface area contributed by atoms with Gasteiger partial charge in [0.05, 0.1) is 18.4 Å². The fraction of sp³-hybridized carbons (Fsp3) is 0.333. The first-order chi connectivity index (χ1) is 15.0. The van der Waals surface area contributed by atoms with Crippen molar-refractivity contribution < 1.29 is 19.5 Å². The molecule has 1 saturated heterocycles. The quantitative estimate of drug-likeness (QED) is 0.601. The molecule has 0 saturated carbocycles. The Hall–Kier alpha value is -3.00. The minimum absolute atomic E-state index is 0.141. The standard InChI is InChI=1S/C24H25N3O4/c1-14-22(15(2)31-26-14)16-8-9-21-20(10-16)24(23(30)25-21,17-6-4-3-5-7-17)27-12-19(29)11-18(27)13-28/h3-10,18-19,28-29H,11-13H2,1-2H3,(H,25,30)/t18-,19-,24?/m1/s1. The van der Waals surface area contributed by atoms with Crippen LogP contribution < -0.4 is 5.32 Å². The highest BCUT2D eigenvalue weighted by Crippen LogP contribution is 2.49. The Labute approximate surface area is 180 Å². The molecule has 3 N–H and O–H groups in total. The molecule has 7 nitrogen and oxygen atoms in total. The molecule has 3 aromatic rings. The van der Waals surface area contributed by atoms with Gasteiger partial charge in [-0.05, 0) is 43.5 Å². The molecule has 2 aliphatic rings. The van der Waals surface area contributed by atoms with E-state index in [2.05, 4.69) is 10.5 Å². The summed E-state index contributed by atoms with van der Waals surface area (Å²) in [6.07, 6.45) is -0.197. The molecule has 0 spiro atoms. The van der Waals surface area contributed by atoms with E-state index in [-0.39, 0.29) is 18.6 Å². The Balaban J connectivity index is 1.77. The van der Waals surface area contributed by atoms with E-state index < -0.39 is 11.6 Å². The van der Waals surface area contributed by atoms with Gasteiger partial charge in [-0.2, -0.15) is 0 Å². The van der Waals surface area contributed by atoms with Gasteiger partial charge < -0.3 is 20.1 Å². The van der Waals surface area contributed by atoms with Crippen LogP contribution in [0, 0.1) is 13.8 Å². The Kier molecular flexibility index (Phi) is 4.69. The number of carbonyl (C=O) groups excluding carboxylic acids is 1. The molecule has 2 aromatic carbocycles. The lowest BCUT2D eigenvalue weighted by Crippen LogP contribution is -2.55. The molecule has 0 bridgehead atoms. The van der Waals surface area contributed by atoms with E-state index in [1.54, 1.807) is 0 Å². The number of carbonyl (C=O) groups is 1. The third-order valence-electron chi connectivity index (χ3n) is 6.53. The number of aromatic nitrogens is 1. The number of nitrogens with zero attached hydrogens (tertiary/aromatic N) is 2. The predicted molar refractivity (Wildman–Crippen MR) is 115 cm³/mol. The van der Waals surface area contributed by atoms with Crippen LogP contribution in [-0.2, 0) is 10.3 Å². The minimum Gasteiger partial charge on any atom is -0.395 e. The summed E-state index contributed by atoms with van der Waals surface area (Å²) < 4.78 is 5.37. The van der Waals surface area contributed by atoms with Crippen LogP contribution in [0.5, 0.6) is 0 Å². The van der Waals surface area contributed by atoms with Gasteiger partial charge in [-0.15, -0.1) is 0 Å². The summed E-state index contributed by atoms with van der Waals surface area (Å²) in [5, 5.41) is 27.6. The Morgan fingerprint density at radius 2 is 2.00 bits per heavy atom. The number of nitrogens with one attached hydrogen (secondary N) is 1. The maximum absolute atomic E-state index is 13.7. The van der Waals surface area contributed by atoms with Gasteiger partial charge in [0.25, 0.3) is 5.91 Å². The van der Waals surface area contributed by atoms with Gasteiger partial charge in [0.2, 0.25) is 0 Å². The maximum atomic E-state index is 13.7. The maximum Gasteiger partial charge on any atom is 0.254 e. The molecule has 1 amide bonds. The Morgan fingerprint density at radius 1 is 1.23 bits per heavy atom. The van der Waals surface area contributed by atoms with Crippen LogP contribution in [0.1, 0.15) is 29.0 Å². The zero-order chi connectivity index (χ0) is 21.8. The number of hydrogen-bond donors (Lipinski definition) is 3. The predicted octanol–water partition coefficient (Wildman–Crippen LogP) is 2.58. The summed E-state index contributed by atoms with van der Waals surface area (Å²) in [5.74, 6) is 0.530. The van der Waals surface area contributed by atoms with Crippen molar-refractivity contribution in [1.82, 2.24) is 10.1 Å². The third kappa shape index (κ3) is 2.85. The zero-order valence-electron chi connectivity index (χ0n) is 17.5. The fourth-order valence-electron chi connectivity index (χ4n) is 5.23. The topological polar surface area (TPSA) is 98.8 Å². The van der Waals surface area contributed by atoms with Crippen molar-refractivity contribution in [2.75, 3.05) is 18.5 Å². The lowest BCUT2D eigenvalue weighted by Gasteiger charge is -2.40. The van der Waals surface area contributed by atoms with Crippen molar-refractivity contribution >= 4 is 11.6 Å². The van der Waals surface area contributed by atoms with Crippen LogP contribution in [0.4, 0.5) is 5.69 Å². The van der Waals surface area contributed by atoms with Gasteiger partial charge in [-0.3, -0.25) is 9.69 Å². The smallest absolute Gasteiger partial charge is 0.254 e. The molecule has 2 aliphatic heterocycles. The Morgan fingerprint density at radius 3 is 2.68 bits per heavy atom. The molecule has 31 heavy (non-hydrogen) atoms. The van der Waals surface area contributed by atoms with Gasteiger partial charge in [0, 0.05) is 29.4 Å². The number of anilines is 1. The first kappa shape index (κ1) is 19.9. The number of aliphatic hydroxyl groups is 2.